The second-order valence-electron chi connectivity index (χ2n) is 3.35. The molecule has 0 aliphatic rings. The maximum absolute atomic E-state index is 10.6. The van der Waals surface area contributed by atoms with Gasteiger partial charge in [-0.3, -0.25) is 9.97 Å². The molecule has 2 heterocycles. The third kappa shape index (κ3) is 2.77. The third-order valence-electron chi connectivity index (χ3n) is 1.98. The highest BCUT2D eigenvalue weighted by Crippen LogP contribution is 2.08. The van der Waals surface area contributed by atoms with E-state index in [1.807, 2.05) is 6.92 Å². The molecule has 0 unspecified atom stereocenters. The smallest absolute Gasteiger partial charge is 0.357 e. The number of nitrogens with one attached hydrogen (secondary N) is 1. The number of carboxylic acids is 1. The average molecular weight is 234 g/mol. The van der Waals surface area contributed by atoms with Gasteiger partial charge in [0.1, 0.15) is 6.26 Å². The van der Waals surface area contributed by atoms with E-state index in [-0.39, 0.29) is 11.7 Å². The number of hydrogen-bond acceptors (Lipinski definition) is 6. The molecule has 0 bridgehead atoms. The molecule has 2 aromatic heterocycles. The van der Waals surface area contributed by atoms with E-state index in [0.29, 0.717) is 12.2 Å². The molecule has 2 rings (SSSR count). The molecule has 17 heavy (non-hydrogen) atoms. The van der Waals surface area contributed by atoms with Crippen molar-refractivity contribution in [2.45, 2.75) is 13.5 Å². The van der Waals surface area contributed by atoms with E-state index in [4.69, 9.17) is 9.52 Å². The zero-order chi connectivity index (χ0) is 12.3. The summed E-state index contributed by atoms with van der Waals surface area (Å²) in [6.45, 7) is 2.21. The molecule has 0 spiro atoms. The summed E-state index contributed by atoms with van der Waals surface area (Å²) in [6.07, 6.45) is 4.35. The fraction of sp³-hybridized carbons (Fsp3) is 0.200. The lowest BCUT2D eigenvalue weighted by Crippen LogP contribution is -2.03. The van der Waals surface area contributed by atoms with Crippen LogP contribution in [0.1, 0.15) is 21.9 Å². The van der Waals surface area contributed by atoms with Gasteiger partial charge in [-0.25, -0.2) is 4.79 Å². The van der Waals surface area contributed by atoms with Gasteiger partial charge in [-0.1, -0.05) is 0 Å². The highest BCUT2D eigenvalue weighted by Gasteiger charge is 2.09. The molecule has 0 atom stereocenters. The summed E-state index contributed by atoms with van der Waals surface area (Å²) in [4.78, 5) is 22.5. The average Bonchev–Trinajstić information content (AvgIpc) is 2.77. The standard InChI is InChI=1S/C10H10N4O3/c1-6-2-12-7(3-11-6)4-13-10-14-8(5-17-10)9(15)16/h2-3,5H,4H2,1H3,(H,13,14)(H,15,16). The van der Waals surface area contributed by atoms with Gasteiger partial charge in [0, 0.05) is 6.20 Å². The van der Waals surface area contributed by atoms with E-state index in [9.17, 15) is 4.79 Å². The Bertz CT molecular complexity index is 521. The molecule has 0 radical (unpaired) electrons. The van der Waals surface area contributed by atoms with Gasteiger partial charge in [-0.2, -0.15) is 4.98 Å². The fourth-order valence-corrected chi connectivity index (χ4v) is 1.13. The van der Waals surface area contributed by atoms with Crippen LogP contribution < -0.4 is 5.32 Å². The Hall–Kier alpha value is -2.44. The number of carbonyl (C=O) groups is 1. The number of nitrogens with zero attached hydrogens (tertiary/aromatic N) is 3. The summed E-state index contributed by atoms with van der Waals surface area (Å²) in [7, 11) is 0. The maximum atomic E-state index is 10.6. The molecule has 0 aliphatic carbocycles. The number of carboxylic acid groups (broad SMARTS) is 1. The summed E-state index contributed by atoms with van der Waals surface area (Å²) < 4.78 is 4.92. The van der Waals surface area contributed by atoms with Crippen molar-refractivity contribution in [2.24, 2.45) is 0 Å². The molecule has 0 aliphatic heterocycles. The van der Waals surface area contributed by atoms with E-state index in [1.54, 1.807) is 12.4 Å². The van der Waals surface area contributed by atoms with Crippen LogP contribution >= 0.6 is 0 Å². The predicted molar refractivity (Wildman–Crippen MR) is 57.6 cm³/mol. The van der Waals surface area contributed by atoms with Crippen molar-refractivity contribution < 1.29 is 14.3 Å². The van der Waals surface area contributed by atoms with Crippen molar-refractivity contribution in [2.75, 3.05) is 5.32 Å². The Morgan fingerprint density at radius 2 is 2.29 bits per heavy atom. The van der Waals surface area contributed by atoms with Gasteiger partial charge in [0.15, 0.2) is 5.69 Å². The first-order valence-corrected chi connectivity index (χ1v) is 4.85. The minimum absolute atomic E-state index is 0.137. The van der Waals surface area contributed by atoms with Crippen LogP contribution in [0.2, 0.25) is 0 Å². The van der Waals surface area contributed by atoms with Crippen molar-refractivity contribution >= 4 is 12.0 Å². The lowest BCUT2D eigenvalue weighted by atomic mass is 10.4. The van der Waals surface area contributed by atoms with Gasteiger partial charge in [-0.15, -0.1) is 0 Å². The van der Waals surface area contributed by atoms with Crippen molar-refractivity contribution in [3.8, 4) is 0 Å². The molecule has 7 heteroatoms. The Morgan fingerprint density at radius 3 is 2.88 bits per heavy atom. The number of oxazole rings is 1. The molecule has 0 saturated carbocycles. The van der Waals surface area contributed by atoms with Gasteiger partial charge < -0.3 is 14.8 Å². The van der Waals surface area contributed by atoms with Crippen LogP contribution in [0.5, 0.6) is 0 Å². The van der Waals surface area contributed by atoms with E-state index in [1.165, 1.54) is 0 Å². The van der Waals surface area contributed by atoms with Gasteiger partial charge in [-0.05, 0) is 6.92 Å². The number of aryl methyl sites for hydroxylation is 1. The van der Waals surface area contributed by atoms with Gasteiger partial charge in [0.2, 0.25) is 0 Å². The Balaban J connectivity index is 1.97. The Morgan fingerprint density at radius 1 is 1.47 bits per heavy atom. The van der Waals surface area contributed by atoms with Crippen LogP contribution in [0.25, 0.3) is 0 Å². The van der Waals surface area contributed by atoms with Gasteiger partial charge in [0.05, 0.1) is 24.1 Å². The number of hydrogen-bond donors (Lipinski definition) is 2. The van der Waals surface area contributed by atoms with Crippen molar-refractivity contribution in [1.29, 1.82) is 0 Å². The first-order chi connectivity index (χ1) is 8.15. The highest BCUT2D eigenvalue weighted by molar-refractivity contribution is 5.85. The van der Waals surface area contributed by atoms with Crippen molar-refractivity contribution in [3.63, 3.8) is 0 Å². The summed E-state index contributed by atoms with van der Waals surface area (Å²) in [5.74, 6) is -1.13. The topological polar surface area (TPSA) is 101 Å². The lowest BCUT2D eigenvalue weighted by molar-refractivity contribution is 0.0690. The molecule has 0 amide bonds. The third-order valence-corrected chi connectivity index (χ3v) is 1.98. The highest BCUT2D eigenvalue weighted by atomic mass is 16.4. The molecule has 2 N–H and O–H groups in total. The number of rotatable bonds is 4. The zero-order valence-corrected chi connectivity index (χ0v) is 9.04. The molecule has 88 valence electrons. The molecule has 2 aromatic rings. The zero-order valence-electron chi connectivity index (χ0n) is 9.04. The van der Waals surface area contributed by atoms with E-state index in [0.717, 1.165) is 12.0 Å². The van der Waals surface area contributed by atoms with E-state index in [2.05, 4.69) is 20.3 Å². The normalized spacial score (nSPS) is 10.2. The number of aromatic carboxylic acids is 1. The molecule has 0 saturated heterocycles. The second kappa shape index (κ2) is 4.60. The lowest BCUT2D eigenvalue weighted by Gasteiger charge is -2.00. The van der Waals surface area contributed by atoms with Gasteiger partial charge >= 0.3 is 5.97 Å². The van der Waals surface area contributed by atoms with E-state index < -0.39 is 5.97 Å². The van der Waals surface area contributed by atoms with Crippen LogP contribution in [0.15, 0.2) is 23.1 Å². The first kappa shape index (κ1) is 11.1. The van der Waals surface area contributed by atoms with Crippen molar-refractivity contribution in [3.05, 3.63) is 35.7 Å². The van der Waals surface area contributed by atoms with Crippen molar-refractivity contribution in [1.82, 2.24) is 15.0 Å². The Labute approximate surface area is 96.5 Å². The van der Waals surface area contributed by atoms with Crippen LogP contribution in [0, 0.1) is 6.92 Å². The van der Waals surface area contributed by atoms with Crippen LogP contribution in [0.3, 0.4) is 0 Å². The van der Waals surface area contributed by atoms with Crippen LogP contribution in [-0.4, -0.2) is 26.0 Å². The second-order valence-corrected chi connectivity index (χ2v) is 3.35. The molecule has 0 fully saturated rings. The van der Waals surface area contributed by atoms with Gasteiger partial charge in [0.25, 0.3) is 6.01 Å². The molecule has 0 aromatic carbocycles. The summed E-state index contributed by atoms with van der Waals surface area (Å²) in [6, 6.07) is 0.143. The molecule has 7 nitrogen and oxygen atoms in total. The number of anilines is 1. The van der Waals surface area contributed by atoms with E-state index >= 15 is 0 Å². The maximum Gasteiger partial charge on any atom is 0.357 e. The quantitative estimate of drug-likeness (QED) is 0.816. The predicted octanol–water partition coefficient (Wildman–Crippen LogP) is 1.08. The number of aromatic nitrogens is 3. The summed E-state index contributed by atoms with van der Waals surface area (Å²) >= 11 is 0. The SMILES string of the molecule is Cc1cnc(CNc2nc(C(=O)O)co2)cn1. The minimum atomic E-state index is -1.13. The molecular formula is C10H10N4O3. The fourth-order valence-electron chi connectivity index (χ4n) is 1.13. The molecular weight excluding hydrogens is 224 g/mol. The van der Waals surface area contributed by atoms with Crippen LogP contribution in [-0.2, 0) is 6.54 Å². The first-order valence-electron chi connectivity index (χ1n) is 4.85. The largest absolute Gasteiger partial charge is 0.476 e. The monoisotopic (exact) mass is 234 g/mol. The van der Waals surface area contributed by atoms with Crippen LogP contribution in [0.4, 0.5) is 6.01 Å². The minimum Gasteiger partial charge on any atom is -0.476 e. The summed E-state index contributed by atoms with van der Waals surface area (Å²) in [5, 5.41) is 11.5. The Kier molecular flexibility index (Phi) is 2.99. The summed E-state index contributed by atoms with van der Waals surface area (Å²) in [5.41, 5.74) is 1.41.